The van der Waals surface area contributed by atoms with Crippen molar-refractivity contribution >= 4 is 23.7 Å². The van der Waals surface area contributed by atoms with Crippen molar-refractivity contribution in [1.82, 2.24) is 0 Å². The molecule has 122 valence electrons. The third-order valence-corrected chi connectivity index (χ3v) is 2.12. The van der Waals surface area contributed by atoms with Crippen molar-refractivity contribution in [3.8, 4) is 0 Å². The fraction of sp³-hybridized carbons (Fsp3) is 0.667. The average molecular weight is 304 g/mol. The third-order valence-electron chi connectivity index (χ3n) is 2.12. The predicted octanol–water partition coefficient (Wildman–Crippen LogP) is -0.862. The number of guanidine groups is 1. The van der Waals surface area contributed by atoms with Crippen LogP contribution in [0.2, 0.25) is 0 Å². The lowest BCUT2D eigenvalue weighted by molar-refractivity contribution is -0.149. The van der Waals surface area contributed by atoms with Gasteiger partial charge >= 0.3 is 11.9 Å². The van der Waals surface area contributed by atoms with Crippen LogP contribution in [0.5, 0.6) is 0 Å². The summed E-state index contributed by atoms with van der Waals surface area (Å²) in [6, 6.07) is -0.820. The van der Waals surface area contributed by atoms with Gasteiger partial charge in [-0.3, -0.25) is 14.6 Å². The Morgan fingerprint density at radius 3 is 1.95 bits per heavy atom. The maximum Gasteiger partial charge on any atom is 0.372 e. The van der Waals surface area contributed by atoms with E-state index in [4.69, 9.17) is 27.4 Å². The SMILES string of the molecule is CC(C)CC(=O)C(=O)O.NC(N)=NCCCC(N)C(=O)O. The van der Waals surface area contributed by atoms with E-state index in [2.05, 4.69) is 4.99 Å². The number of rotatable bonds is 8. The zero-order valence-corrected chi connectivity index (χ0v) is 12.3. The van der Waals surface area contributed by atoms with Gasteiger partial charge in [-0.15, -0.1) is 0 Å². The number of hydrogen-bond donors (Lipinski definition) is 5. The van der Waals surface area contributed by atoms with Gasteiger partial charge in [0.1, 0.15) is 6.04 Å². The zero-order chi connectivity index (χ0) is 17.0. The van der Waals surface area contributed by atoms with E-state index in [-0.39, 0.29) is 18.3 Å². The molecule has 0 radical (unpaired) electrons. The van der Waals surface area contributed by atoms with Crippen LogP contribution >= 0.6 is 0 Å². The van der Waals surface area contributed by atoms with Gasteiger partial charge in [0.2, 0.25) is 5.78 Å². The fourth-order valence-electron chi connectivity index (χ4n) is 1.10. The number of nitrogens with two attached hydrogens (primary N) is 3. The molecule has 0 rings (SSSR count). The molecule has 9 heteroatoms. The molecular formula is C12H24N4O5. The van der Waals surface area contributed by atoms with Gasteiger partial charge in [0.05, 0.1) is 0 Å². The van der Waals surface area contributed by atoms with Crippen LogP contribution in [-0.2, 0) is 14.4 Å². The first-order valence-electron chi connectivity index (χ1n) is 6.37. The van der Waals surface area contributed by atoms with Crippen LogP contribution in [0.25, 0.3) is 0 Å². The molecule has 0 spiro atoms. The number of Topliss-reactive ketones (excluding diaryl/α,β-unsaturated/α-hetero) is 1. The molecule has 0 heterocycles. The monoisotopic (exact) mass is 304 g/mol. The van der Waals surface area contributed by atoms with Gasteiger partial charge in [0.25, 0.3) is 0 Å². The van der Waals surface area contributed by atoms with Crippen molar-refractivity contribution in [2.24, 2.45) is 28.1 Å². The lowest BCUT2D eigenvalue weighted by Crippen LogP contribution is -2.30. The highest BCUT2D eigenvalue weighted by molar-refractivity contribution is 6.32. The van der Waals surface area contributed by atoms with Crippen molar-refractivity contribution in [3.63, 3.8) is 0 Å². The highest BCUT2D eigenvalue weighted by Gasteiger charge is 2.12. The molecule has 1 unspecified atom stereocenters. The van der Waals surface area contributed by atoms with Crippen LogP contribution in [0.3, 0.4) is 0 Å². The van der Waals surface area contributed by atoms with Gasteiger partial charge in [-0.2, -0.15) is 0 Å². The summed E-state index contributed by atoms with van der Waals surface area (Å²) in [6.07, 6.45) is 1.09. The maximum atomic E-state index is 10.4. The first kappa shape index (κ1) is 21.1. The second-order valence-electron chi connectivity index (χ2n) is 4.72. The van der Waals surface area contributed by atoms with Crippen molar-refractivity contribution in [1.29, 1.82) is 0 Å². The highest BCUT2D eigenvalue weighted by atomic mass is 16.4. The number of carboxylic acids is 2. The summed E-state index contributed by atoms with van der Waals surface area (Å²) in [5, 5.41) is 16.5. The molecule has 0 bridgehead atoms. The fourth-order valence-corrected chi connectivity index (χ4v) is 1.10. The van der Waals surface area contributed by atoms with E-state index >= 15 is 0 Å². The Labute approximate surface area is 123 Å². The van der Waals surface area contributed by atoms with E-state index < -0.39 is 23.8 Å². The summed E-state index contributed by atoms with van der Waals surface area (Å²) in [6.45, 7) is 4.03. The quantitative estimate of drug-likeness (QED) is 0.166. The van der Waals surface area contributed by atoms with Crippen molar-refractivity contribution in [2.45, 2.75) is 39.2 Å². The molecule has 9 nitrogen and oxygen atoms in total. The van der Waals surface area contributed by atoms with E-state index in [0.717, 1.165) is 0 Å². The van der Waals surface area contributed by atoms with E-state index in [1.807, 2.05) is 0 Å². The molecule has 0 fully saturated rings. The van der Waals surface area contributed by atoms with Gasteiger partial charge in [-0.05, 0) is 18.8 Å². The first-order chi connectivity index (χ1) is 9.57. The Morgan fingerprint density at radius 2 is 1.67 bits per heavy atom. The number of ketones is 1. The van der Waals surface area contributed by atoms with E-state index in [1.54, 1.807) is 13.8 Å². The first-order valence-corrected chi connectivity index (χ1v) is 6.37. The van der Waals surface area contributed by atoms with Gasteiger partial charge in [-0.25, -0.2) is 4.79 Å². The number of carboxylic acid groups (broad SMARTS) is 2. The van der Waals surface area contributed by atoms with Gasteiger partial charge in [-0.1, -0.05) is 13.8 Å². The molecule has 0 saturated carbocycles. The normalized spacial score (nSPS) is 11.0. The standard InChI is InChI=1S/C6H14N4O2.C6H10O3/c7-4(5(11)12)2-1-3-10-6(8)9;1-4(2)3-5(7)6(8)9/h4H,1-3,7H2,(H,11,12)(H4,8,9,10);4H,3H2,1-2H3,(H,8,9). The number of hydrogen-bond acceptors (Lipinski definition) is 5. The summed E-state index contributed by atoms with van der Waals surface area (Å²) in [7, 11) is 0. The Kier molecular flexibility index (Phi) is 11.7. The van der Waals surface area contributed by atoms with Crippen LogP contribution in [0.1, 0.15) is 33.1 Å². The number of aliphatic imine (C=N–C) groups is 1. The molecule has 0 aromatic carbocycles. The topological polar surface area (TPSA) is 182 Å². The minimum absolute atomic E-state index is 0.0129. The Morgan fingerprint density at radius 1 is 1.14 bits per heavy atom. The average Bonchev–Trinajstić information content (AvgIpc) is 2.33. The van der Waals surface area contributed by atoms with Crippen molar-refractivity contribution < 1.29 is 24.6 Å². The summed E-state index contributed by atoms with van der Waals surface area (Å²) >= 11 is 0. The van der Waals surface area contributed by atoms with Gasteiger partial charge in [0.15, 0.2) is 5.96 Å². The van der Waals surface area contributed by atoms with E-state index in [0.29, 0.717) is 19.4 Å². The van der Waals surface area contributed by atoms with Crippen LogP contribution in [-0.4, -0.2) is 46.5 Å². The van der Waals surface area contributed by atoms with Crippen LogP contribution in [0.4, 0.5) is 0 Å². The molecule has 21 heavy (non-hydrogen) atoms. The van der Waals surface area contributed by atoms with E-state index in [1.165, 1.54) is 0 Å². The predicted molar refractivity (Wildman–Crippen MR) is 77.6 cm³/mol. The summed E-state index contributed by atoms with van der Waals surface area (Å²) in [4.78, 5) is 34.1. The summed E-state index contributed by atoms with van der Waals surface area (Å²) in [5.41, 5.74) is 15.3. The Balaban J connectivity index is 0. The van der Waals surface area contributed by atoms with Crippen molar-refractivity contribution in [2.75, 3.05) is 6.54 Å². The minimum atomic E-state index is -1.33. The lowest BCUT2D eigenvalue weighted by Gasteiger charge is -2.03. The third kappa shape index (κ3) is 15.8. The lowest BCUT2D eigenvalue weighted by atomic mass is 10.1. The number of nitrogens with zero attached hydrogens (tertiary/aromatic N) is 1. The number of carbonyl (C=O) groups is 3. The van der Waals surface area contributed by atoms with Crippen LogP contribution in [0.15, 0.2) is 4.99 Å². The van der Waals surface area contributed by atoms with Gasteiger partial charge < -0.3 is 27.4 Å². The molecule has 0 aliphatic heterocycles. The Hall–Kier alpha value is -2.16. The molecule has 8 N–H and O–H groups in total. The molecule has 0 aromatic rings. The van der Waals surface area contributed by atoms with Crippen LogP contribution < -0.4 is 17.2 Å². The number of aliphatic carboxylic acids is 2. The molecule has 0 aliphatic carbocycles. The largest absolute Gasteiger partial charge is 0.480 e. The summed E-state index contributed by atoms with van der Waals surface area (Å²) in [5.74, 6) is -2.89. The van der Waals surface area contributed by atoms with Crippen LogP contribution in [0, 0.1) is 5.92 Å². The minimum Gasteiger partial charge on any atom is -0.480 e. The summed E-state index contributed by atoms with van der Waals surface area (Å²) < 4.78 is 0. The smallest absolute Gasteiger partial charge is 0.372 e. The Bertz CT molecular complexity index is 378. The molecule has 1 atom stereocenters. The molecular weight excluding hydrogens is 280 g/mol. The highest BCUT2D eigenvalue weighted by Crippen LogP contribution is 1.99. The van der Waals surface area contributed by atoms with E-state index in [9.17, 15) is 14.4 Å². The maximum absolute atomic E-state index is 10.4. The molecule has 0 amide bonds. The second kappa shape index (κ2) is 11.6. The second-order valence-corrected chi connectivity index (χ2v) is 4.72. The molecule has 0 saturated heterocycles. The number of carbonyl (C=O) groups excluding carboxylic acids is 1. The van der Waals surface area contributed by atoms with Crippen molar-refractivity contribution in [3.05, 3.63) is 0 Å². The zero-order valence-electron chi connectivity index (χ0n) is 12.3. The molecule has 0 aromatic heterocycles. The van der Waals surface area contributed by atoms with Gasteiger partial charge in [0, 0.05) is 13.0 Å². The molecule has 0 aliphatic rings.